The van der Waals surface area contributed by atoms with Gasteiger partial charge < -0.3 is 15.4 Å². The number of hydrogen-bond donors (Lipinski definition) is 2. The van der Waals surface area contributed by atoms with Crippen molar-refractivity contribution in [1.29, 1.82) is 0 Å². The van der Waals surface area contributed by atoms with E-state index >= 15 is 0 Å². The van der Waals surface area contributed by atoms with Crippen LogP contribution in [-0.4, -0.2) is 37.2 Å². The number of rotatable bonds is 7. The molecule has 5 heteroatoms. The van der Waals surface area contributed by atoms with Gasteiger partial charge in [0.1, 0.15) is 5.69 Å². The maximum absolute atomic E-state index is 11.3. The first-order valence-corrected chi connectivity index (χ1v) is 6.31. The van der Waals surface area contributed by atoms with Crippen molar-refractivity contribution in [1.82, 2.24) is 10.3 Å². The number of nitrogens with one attached hydrogen (secondary N) is 2. The van der Waals surface area contributed by atoms with Gasteiger partial charge in [-0.05, 0) is 37.9 Å². The first-order chi connectivity index (χ1) is 8.79. The van der Waals surface area contributed by atoms with Crippen LogP contribution in [0.4, 0.5) is 5.69 Å². The summed E-state index contributed by atoms with van der Waals surface area (Å²) in [6.07, 6.45) is 5.31. The molecule has 5 nitrogen and oxygen atoms in total. The molecule has 0 saturated heterocycles. The van der Waals surface area contributed by atoms with Crippen molar-refractivity contribution < 1.29 is 9.53 Å². The Labute approximate surface area is 107 Å². The van der Waals surface area contributed by atoms with Crippen LogP contribution in [0.5, 0.6) is 0 Å². The lowest BCUT2D eigenvalue weighted by Crippen LogP contribution is -2.20. The molecule has 98 valence electrons. The van der Waals surface area contributed by atoms with Crippen LogP contribution < -0.4 is 10.6 Å². The lowest BCUT2D eigenvalue weighted by molar-refractivity contribution is 0.0594. The summed E-state index contributed by atoms with van der Waals surface area (Å²) in [5, 5.41) is 6.73. The molecule has 2 rings (SSSR count). The van der Waals surface area contributed by atoms with Crippen LogP contribution in [0.15, 0.2) is 18.3 Å². The second-order valence-corrected chi connectivity index (χ2v) is 4.43. The number of hydrogen-bond acceptors (Lipinski definition) is 5. The zero-order valence-corrected chi connectivity index (χ0v) is 10.6. The predicted octanol–water partition coefficient (Wildman–Crippen LogP) is 1.42. The van der Waals surface area contributed by atoms with Crippen molar-refractivity contribution in [3.05, 3.63) is 24.0 Å². The van der Waals surface area contributed by atoms with Gasteiger partial charge in [0.05, 0.1) is 7.11 Å². The monoisotopic (exact) mass is 249 g/mol. The molecule has 0 atom stereocenters. The molecule has 0 amide bonds. The number of pyridine rings is 1. The van der Waals surface area contributed by atoms with Gasteiger partial charge in [0, 0.05) is 24.5 Å². The summed E-state index contributed by atoms with van der Waals surface area (Å²) in [4.78, 5) is 15.3. The minimum atomic E-state index is -0.408. The van der Waals surface area contributed by atoms with E-state index in [-0.39, 0.29) is 0 Å². The summed E-state index contributed by atoms with van der Waals surface area (Å²) in [6.45, 7) is 1.91. The third kappa shape index (κ3) is 4.00. The lowest BCUT2D eigenvalue weighted by Gasteiger charge is -2.07. The minimum Gasteiger partial charge on any atom is -0.464 e. The Morgan fingerprint density at radius 2 is 2.33 bits per heavy atom. The molecule has 0 aromatic carbocycles. The molecule has 0 spiro atoms. The Kier molecular flexibility index (Phi) is 4.52. The Bertz CT molecular complexity index is 405. The largest absolute Gasteiger partial charge is 0.464 e. The molecule has 0 aliphatic heterocycles. The van der Waals surface area contributed by atoms with E-state index in [4.69, 9.17) is 0 Å². The average Bonchev–Trinajstić information content (AvgIpc) is 3.22. The van der Waals surface area contributed by atoms with Crippen LogP contribution in [0.25, 0.3) is 0 Å². The van der Waals surface area contributed by atoms with E-state index in [2.05, 4.69) is 20.4 Å². The summed E-state index contributed by atoms with van der Waals surface area (Å²) in [5.41, 5.74) is 1.23. The molecule has 1 aliphatic carbocycles. The third-order valence-corrected chi connectivity index (χ3v) is 2.85. The van der Waals surface area contributed by atoms with Crippen LogP contribution in [-0.2, 0) is 4.74 Å². The normalized spacial score (nSPS) is 14.3. The zero-order chi connectivity index (χ0) is 12.8. The quantitative estimate of drug-likeness (QED) is 0.565. The summed E-state index contributed by atoms with van der Waals surface area (Å²) < 4.78 is 4.63. The Morgan fingerprint density at radius 3 is 3.06 bits per heavy atom. The van der Waals surface area contributed by atoms with Gasteiger partial charge in [0.2, 0.25) is 0 Å². The number of nitrogens with zero attached hydrogens (tertiary/aromatic N) is 1. The lowest BCUT2D eigenvalue weighted by atomic mass is 10.3. The van der Waals surface area contributed by atoms with Gasteiger partial charge in [0.25, 0.3) is 0 Å². The smallest absolute Gasteiger partial charge is 0.356 e. The second kappa shape index (κ2) is 6.35. The number of methoxy groups -OCH3 is 1. The van der Waals surface area contributed by atoms with E-state index < -0.39 is 5.97 Å². The van der Waals surface area contributed by atoms with E-state index in [1.54, 1.807) is 12.3 Å². The average molecular weight is 249 g/mol. The zero-order valence-electron chi connectivity index (χ0n) is 10.6. The van der Waals surface area contributed by atoms with E-state index in [0.29, 0.717) is 5.69 Å². The first-order valence-electron chi connectivity index (χ1n) is 6.31. The fourth-order valence-corrected chi connectivity index (χ4v) is 1.67. The highest BCUT2D eigenvalue weighted by Gasteiger charge is 2.19. The van der Waals surface area contributed by atoms with Crippen LogP contribution >= 0.6 is 0 Å². The van der Waals surface area contributed by atoms with E-state index in [9.17, 15) is 4.79 Å². The molecule has 0 bridgehead atoms. The topological polar surface area (TPSA) is 63.2 Å². The minimum absolute atomic E-state index is 0.332. The Balaban J connectivity index is 1.72. The van der Waals surface area contributed by atoms with Crippen molar-refractivity contribution in [2.24, 2.45) is 0 Å². The first kappa shape index (κ1) is 12.8. The molecule has 18 heavy (non-hydrogen) atoms. The van der Waals surface area contributed by atoms with Crippen LogP contribution in [0.3, 0.4) is 0 Å². The van der Waals surface area contributed by atoms with Crippen LogP contribution in [0, 0.1) is 0 Å². The fraction of sp³-hybridized carbons (Fsp3) is 0.538. The molecule has 1 aromatic rings. The maximum atomic E-state index is 11.3. The molecule has 1 fully saturated rings. The highest BCUT2D eigenvalue weighted by atomic mass is 16.5. The maximum Gasteiger partial charge on any atom is 0.356 e. The molecular weight excluding hydrogens is 230 g/mol. The van der Waals surface area contributed by atoms with Gasteiger partial charge in [-0.25, -0.2) is 9.78 Å². The van der Waals surface area contributed by atoms with Gasteiger partial charge in [-0.3, -0.25) is 0 Å². The molecule has 0 radical (unpaired) electrons. The van der Waals surface area contributed by atoms with Crippen molar-refractivity contribution in [2.75, 3.05) is 25.5 Å². The standard InChI is InChI=1S/C13H19N3O2/c1-18-13(17)12-9-11(5-8-16-12)15-7-2-6-14-10-3-4-10/h5,8-10,14H,2-4,6-7H2,1H3,(H,15,16). The second-order valence-electron chi connectivity index (χ2n) is 4.43. The highest BCUT2D eigenvalue weighted by molar-refractivity contribution is 5.88. The Hall–Kier alpha value is -1.62. The van der Waals surface area contributed by atoms with Gasteiger partial charge in [0.15, 0.2) is 0 Å². The van der Waals surface area contributed by atoms with E-state index in [1.807, 2.05) is 6.07 Å². The van der Waals surface area contributed by atoms with Crippen molar-refractivity contribution in [3.8, 4) is 0 Å². The SMILES string of the molecule is COC(=O)c1cc(NCCCNC2CC2)ccn1. The van der Waals surface area contributed by atoms with Crippen molar-refractivity contribution in [3.63, 3.8) is 0 Å². The summed E-state index contributed by atoms with van der Waals surface area (Å²) >= 11 is 0. The van der Waals surface area contributed by atoms with Crippen molar-refractivity contribution in [2.45, 2.75) is 25.3 Å². The molecule has 1 aromatic heterocycles. The number of carbonyl (C=O) groups is 1. The number of ether oxygens (including phenoxy) is 1. The summed E-state index contributed by atoms with van der Waals surface area (Å²) in [6, 6.07) is 4.32. The van der Waals surface area contributed by atoms with Crippen LogP contribution in [0.2, 0.25) is 0 Å². The number of aromatic nitrogens is 1. The van der Waals surface area contributed by atoms with E-state index in [1.165, 1.54) is 20.0 Å². The summed E-state index contributed by atoms with van der Waals surface area (Å²) in [7, 11) is 1.35. The number of carbonyl (C=O) groups excluding carboxylic acids is 1. The van der Waals surface area contributed by atoms with E-state index in [0.717, 1.165) is 31.2 Å². The molecule has 2 N–H and O–H groups in total. The Morgan fingerprint density at radius 1 is 1.50 bits per heavy atom. The van der Waals surface area contributed by atoms with Crippen LogP contribution in [0.1, 0.15) is 29.8 Å². The molecule has 1 aliphatic rings. The van der Waals surface area contributed by atoms with Gasteiger partial charge in [-0.15, -0.1) is 0 Å². The number of esters is 1. The fourth-order valence-electron chi connectivity index (χ4n) is 1.67. The number of anilines is 1. The molecule has 0 unspecified atom stereocenters. The van der Waals surface area contributed by atoms with Crippen molar-refractivity contribution >= 4 is 11.7 Å². The molecule has 1 saturated carbocycles. The molecule has 1 heterocycles. The molecular formula is C13H19N3O2. The predicted molar refractivity (Wildman–Crippen MR) is 69.7 cm³/mol. The highest BCUT2D eigenvalue weighted by Crippen LogP contribution is 2.18. The third-order valence-electron chi connectivity index (χ3n) is 2.85. The van der Waals surface area contributed by atoms with Gasteiger partial charge >= 0.3 is 5.97 Å². The van der Waals surface area contributed by atoms with Gasteiger partial charge in [-0.2, -0.15) is 0 Å². The van der Waals surface area contributed by atoms with Gasteiger partial charge in [-0.1, -0.05) is 0 Å². The summed E-state index contributed by atoms with van der Waals surface area (Å²) in [5.74, 6) is -0.408.